The van der Waals surface area contributed by atoms with Gasteiger partial charge in [0.15, 0.2) is 11.5 Å². The Morgan fingerprint density at radius 3 is 2.42 bits per heavy atom. The van der Waals surface area contributed by atoms with Crippen molar-refractivity contribution in [1.82, 2.24) is 20.0 Å². The third kappa shape index (κ3) is 4.53. The summed E-state index contributed by atoms with van der Waals surface area (Å²) in [6, 6.07) is 6.50. The van der Waals surface area contributed by atoms with E-state index in [1.54, 1.807) is 29.9 Å². The van der Waals surface area contributed by atoms with Gasteiger partial charge in [0.25, 0.3) is 5.91 Å². The number of carbonyl (C=O) groups is 2. The Morgan fingerprint density at radius 2 is 1.79 bits per heavy atom. The molecule has 3 heterocycles. The Balaban J connectivity index is 1.51. The molecule has 1 aliphatic rings. The second kappa shape index (κ2) is 9.74. The Morgan fingerprint density at radius 1 is 1.06 bits per heavy atom. The highest BCUT2D eigenvalue weighted by Gasteiger charge is 2.33. The first-order chi connectivity index (χ1) is 16.0. The van der Waals surface area contributed by atoms with Crippen LogP contribution >= 0.6 is 11.3 Å². The molecule has 3 amide bonds. The van der Waals surface area contributed by atoms with Gasteiger partial charge in [-0.1, -0.05) is 0 Å². The lowest BCUT2D eigenvalue weighted by Crippen LogP contribution is -2.46. The number of benzene rings is 1. The van der Waals surface area contributed by atoms with Crippen molar-refractivity contribution in [2.75, 3.05) is 39.7 Å². The summed E-state index contributed by atoms with van der Waals surface area (Å²) in [6.45, 7) is 0.822. The molecule has 0 saturated carbocycles. The summed E-state index contributed by atoms with van der Waals surface area (Å²) in [4.78, 5) is 34.7. The van der Waals surface area contributed by atoms with Crippen LogP contribution in [0.3, 0.4) is 0 Å². The van der Waals surface area contributed by atoms with Gasteiger partial charge in [-0.15, -0.1) is 11.3 Å². The van der Waals surface area contributed by atoms with Crippen molar-refractivity contribution in [3.8, 4) is 27.8 Å². The zero-order valence-electron chi connectivity index (χ0n) is 18.4. The SMILES string of the molecule is COc1cc(NC(=O)N2CCCN2C(=O)c2csc(-c3cccnc3)n2)cc(OC)c1OC. The van der Waals surface area contributed by atoms with E-state index in [1.807, 2.05) is 12.1 Å². The van der Waals surface area contributed by atoms with Gasteiger partial charge >= 0.3 is 6.03 Å². The quantitative estimate of drug-likeness (QED) is 0.589. The van der Waals surface area contributed by atoms with Gasteiger partial charge in [0.05, 0.1) is 27.0 Å². The lowest BCUT2D eigenvalue weighted by atomic mass is 10.2. The van der Waals surface area contributed by atoms with Gasteiger partial charge in [0.2, 0.25) is 5.75 Å². The number of hydrogen-bond donors (Lipinski definition) is 1. The molecule has 1 N–H and O–H groups in total. The number of amides is 3. The largest absolute Gasteiger partial charge is 0.493 e. The Labute approximate surface area is 194 Å². The second-order valence-electron chi connectivity index (χ2n) is 7.03. The van der Waals surface area contributed by atoms with Crippen molar-refractivity contribution in [3.63, 3.8) is 0 Å². The molecule has 0 atom stereocenters. The number of hydrazine groups is 1. The summed E-state index contributed by atoms with van der Waals surface area (Å²) >= 11 is 1.36. The number of nitrogens with one attached hydrogen (secondary N) is 1. The third-order valence-corrected chi connectivity index (χ3v) is 5.94. The van der Waals surface area contributed by atoms with Crippen molar-refractivity contribution >= 4 is 29.0 Å². The number of thiazole rings is 1. The molecule has 1 fully saturated rings. The van der Waals surface area contributed by atoms with E-state index in [1.165, 1.54) is 42.7 Å². The monoisotopic (exact) mass is 469 g/mol. The number of hydrogen-bond acceptors (Lipinski definition) is 8. The van der Waals surface area contributed by atoms with Crippen LogP contribution in [0.25, 0.3) is 10.6 Å². The number of ether oxygens (including phenoxy) is 3. The zero-order valence-corrected chi connectivity index (χ0v) is 19.2. The highest BCUT2D eigenvalue weighted by atomic mass is 32.1. The molecule has 33 heavy (non-hydrogen) atoms. The number of urea groups is 1. The van der Waals surface area contributed by atoms with Gasteiger partial charge in [-0.05, 0) is 18.6 Å². The van der Waals surface area contributed by atoms with E-state index in [0.717, 1.165) is 5.56 Å². The molecule has 0 spiro atoms. The molecule has 0 bridgehead atoms. The third-order valence-electron chi connectivity index (χ3n) is 5.05. The minimum absolute atomic E-state index is 0.284. The summed E-state index contributed by atoms with van der Waals surface area (Å²) in [5.41, 5.74) is 1.56. The van der Waals surface area contributed by atoms with E-state index in [9.17, 15) is 9.59 Å². The van der Waals surface area contributed by atoms with Crippen molar-refractivity contribution in [2.45, 2.75) is 6.42 Å². The molecule has 1 aliphatic heterocycles. The van der Waals surface area contributed by atoms with E-state index >= 15 is 0 Å². The minimum Gasteiger partial charge on any atom is -0.493 e. The first-order valence-corrected chi connectivity index (χ1v) is 11.0. The second-order valence-corrected chi connectivity index (χ2v) is 7.89. The highest BCUT2D eigenvalue weighted by molar-refractivity contribution is 7.13. The van der Waals surface area contributed by atoms with E-state index in [2.05, 4.69) is 15.3 Å². The predicted molar refractivity (Wildman–Crippen MR) is 123 cm³/mol. The van der Waals surface area contributed by atoms with Gasteiger partial charge in [-0.25, -0.2) is 19.8 Å². The lowest BCUT2D eigenvalue weighted by Gasteiger charge is -2.27. The average molecular weight is 470 g/mol. The number of anilines is 1. The smallest absolute Gasteiger partial charge is 0.340 e. The van der Waals surface area contributed by atoms with E-state index in [-0.39, 0.29) is 11.6 Å². The Bertz CT molecular complexity index is 1130. The molecule has 10 nitrogen and oxygen atoms in total. The molecule has 0 unspecified atom stereocenters. The van der Waals surface area contributed by atoms with Crippen LogP contribution in [0, 0.1) is 0 Å². The maximum absolute atomic E-state index is 13.1. The number of carbonyl (C=O) groups excluding carboxylic acids is 2. The molecule has 3 aromatic rings. The molecule has 1 saturated heterocycles. The van der Waals surface area contributed by atoms with E-state index in [4.69, 9.17) is 14.2 Å². The van der Waals surface area contributed by atoms with Gasteiger partial charge in [-0.2, -0.15) is 0 Å². The molecule has 0 aliphatic carbocycles. The van der Waals surface area contributed by atoms with Crippen molar-refractivity contribution in [3.05, 3.63) is 47.7 Å². The predicted octanol–water partition coefficient (Wildman–Crippen LogP) is 3.53. The normalized spacial score (nSPS) is 13.1. The highest BCUT2D eigenvalue weighted by Crippen LogP contribution is 2.40. The van der Waals surface area contributed by atoms with Gasteiger partial charge < -0.3 is 19.5 Å². The summed E-state index contributed by atoms with van der Waals surface area (Å²) < 4.78 is 16.0. The molecule has 1 aromatic carbocycles. The zero-order chi connectivity index (χ0) is 23.4. The van der Waals surface area contributed by atoms with Crippen LogP contribution < -0.4 is 19.5 Å². The van der Waals surface area contributed by atoms with E-state index < -0.39 is 6.03 Å². The van der Waals surface area contributed by atoms with Crippen molar-refractivity contribution in [1.29, 1.82) is 0 Å². The molecule has 2 aromatic heterocycles. The summed E-state index contributed by atoms with van der Waals surface area (Å²) in [6.07, 6.45) is 4.03. The van der Waals surface area contributed by atoms with Crippen LogP contribution in [-0.2, 0) is 0 Å². The van der Waals surface area contributed by atoms with Gasteiger partial charge in [-0.3, -0.25) is 9.78 Å². The number of aromatic nitrogens is 2. The number of pyridine rings is 1. The fraction of sp³-hybridized carbons (Fsp3) is 0.273. The molecule has 11 heteroatoms. The topological polar surface area (TPSA) is 106 Å². The van der Waals surface area contributed by atoms with Crippen LogP contribution in [0.15, 0.2) is 42.0 Å². The van der Waals surface area contributed by atoms with Gasteiger partial charge in [0.1, 0.15) is 10.7 Å². The van der Waals surface area contributed by atoms with E-state index in [0.29, 0.717) is 47.5 Å². The lowest BCUT2D eigenvalue weighted by molar-refractivity contribution is 0.0399. The number of methoxy groups -OCH3 is 3. The van der Waals surface area contributed by atoms with Crippen molar-refractivity contribution < 1.29 is 23.8 Å². The van der Waals surface area contributed by atoms with Crippen LogP contribution in [0.2, 0.25) is 0 Å². The summed E-state index contributed by atoms with van der Waals surface area (Å²) in [7, 11) is 4.50. The summed E-state index contributed by atoms with van der Waals surface area (Å²) in [5, 5.41) is 7.99. The Hall–Kier alpha value is -3.86. The first-order valence-electron chi connectivity index (χ1n) is 10.1. The maximum Gasteiger partial charge on any atom is 0.340 e. The molecular weight excluding hydrogens is 446 g/mol. The molecule has 4 rings (SSSR count). The first kappa shape index (κ1) is 22.3. The number of nitrogens with zero attached hydrogens (tertiary/aromatic N) is 4. The van der Waals surface area contributed by atoms with Crippen LogP contribution in [0.4, 0.5) is 10.5 Å². The van der Waals surface area contributed by atoms with Crippen LogP contribution in [0.1, 0.15) is 16.9 Å². The van der Waals surface area contributed by atoms with Gasteiger partial charge in [0, 0.05) is 48.6 Å². The van der Waals surface area contributed by atoms with Crippen molar-refractivity contribution in [2.24, 2.45) is 0 Å². The van der Waals surface area contributed by atoms with Crippen LogP contribution in [-0.4, -0.2) is 66.3 Å². The molecule has 172 valence electrons. The Kier molecular flexibility index (Phi) is 6.59. The fourth-order valence-corrected chi connectivity index (χ4v) is 4.29. The fourth-order valence-electron chi connectivity index (χ4n) is 3.50. The summed E-state index contributed by atoms with van der Waals surface area (Å²) in [5.74, 6) is 0.904. The molecular formula is C22H23N5O5S. The maximum atomic E-state index is 13.1. The van der Waals surface area contributed by atoms with Crippen LogP contribution in [0.5, 0.6) is 17.2 Å². The number of rotatable bonds is 6. The standard InChI is InChI=1S/C22H23N5O5S/c1-30-17-10-15(11-18(31-2)19(17)32-3)24-22(29)27-9-5-8-26(27)21(28)16-13-33-20(25-16)14-6-4-7-23-12-14/h4,6-7,10-13H,5,8-9H2,1-3H3,(H,24,29). The average Bonchev–Trinajstić information content (AvgIpc) is 3.54. The molecule has 0 radical (unpaired) electrons. The minimum atomic E-state index is -0.446.